The molecule has 0 radical (unpaired) electrons. The highest BCUT2D eigenvalue weighted by atomic mass is 16.3. The van der Waals surface area contributed by atoms with Gasteiger partial charge in [-0.25, -0.2) is 0 Å². The van der Waals surface area contributed by atoms with E-state index in [9.17, 15) is 14.7 Å². The van der Waals surface area contributed by atoms with Gasteiger partial charge >= 0.3 is 0 Å². The molecule has 5 atom stereocenters. The molecule has 1 aromatic heterocycles. The van der Waals surface area contributed by atoms with E-state index in [-0.39, 0.29) is 23.7 Å². The van der Waals surface area contributed by atoms with Crippen LogP contribution in [0, 0.1) is 23.2 Å². The van der Waals surface area contributed by atoms with Crippen LogP contribution in [0.1, 0.15) is 61.8 Å². The lowest BCUT2D eigenvalue weighted by Crippen LogP contribution is -2.42. The fourth-order valence-electron chi connectivity index (χ4n) is 6.67. The normalized spacial score (nSPS) is 31.5. The molecule has 1 unspecified atom stereocenters. The first-order chi connectivity index (χ1) is 15.0. The maximum absolute atomic E-state index is 13.4. The molecule has 1 aromatic carbocycles. The summed E-state index contributed by atoms with van der Waals surface area (Å²) in [4.78, 5) is 30.2. The van der Waals surface area contributed by atoms with Crippen molar-refractivity contribution in [3.63, 3.8) is 0 Å². The van der Waals surface area contributed by atoms with Crippen LogP contribution < -0.4 is 5.32 Å². The smallest absolute Gasteiger partial charge is 0.221 e. The summed E-state index contributed by atoms with van der Waals surface area (Å²) in [6, 6.07) is 11.4. The number of amides is 1. The van der Waals surface area contributed by atoms with E-state index in [1.54, 1.807) is 12.3 Å². The first kappa shape index (κ1) is 20.2. The van der Waals surface area contributed by atoms with Crippen LogP contribution >= 0.6 is 0 Å². The lowest BCUT2D eigenvalue weighted by molar-refractivity contribution is -0.134. The van der Waals surface area contributed by atoms with Crippen molar-refractivity contribution >= 4 is 11.7 Å². The third-order valence-electron chi connectivity index (χ3n) is 8.20. The Kier molecular flexibility index (Phi) is 5.07. The predicted molar refractivity (Wildman–Crippen MR) is 117 cm³/mol. The molecule has 31 heavy (non-hydrogen) atoms. The van der Waals surface area contributed by atoms with Crippen molar-refractivity contribution in [2.45, 2.75) is 57.9 Å². The van der Waals surface area contributed by atoms with Crippen molar-refractivity contribution in [1.29, 1.82) is 0 Å². The molecule has 5 heteroatoms. The fraction of sp³-hybridized carbons (Fsp3) is 0.500. The van der Waals surface area contributed by atoms with Gasteiger partial charge in [0.15, 0.2) is 0 Å². The highest BCUT2D eigenvalue weighted by Gasteiger charge is 2.58. The van der Waals surface area contributed by atoms with E-state index >= 15 is 0 Å². The van der Waals surface area contributed by atoms with Crippen LogP contribution in [0.4, 0.5) is 0 Å². The van der Waals surface area contributed by atoms with Gasteiger partial charge in [-0.3, -0.25) is 14.6 Å². The van der Waals surface area contributed by atoms with E-state index in [1.807, 2.05) is 24.3 Å². The van der Waals surface area contributed by atoms with E-state index in [0.717, 1.165) is 37.8 Å². The zero-order valence-corrected chi connectivity index (χ0v) is 18.0. The number of Topliss-reactive ketones (excluding diaryl/α,β-unsaturated/α-hetero) is 1. The van der Waals surface area contributed by atoms with Gasteiger partial charge < -0.3 is 10.4 Å². The SMILES string of the molecule is C[C@]12CC[C@@H]3c4ccc(O)cc4CC[C@H]3[C@@H]1CC(CC(=O)NCc1ccccn1)C2=O. The van der Waals surface area contributed by atoms with Gasteiger partial charge in [-0.05, 0) is 85.3 Å². The van der Waals surface area contributed by atoms with Gasteiger partial charge in [-0.1, -0.05) is 19.1 Å². The molecule has 5 rings (SSSR count). The Morgan fingerprint density at radius 1 is 1.26 bits per heavy atom. The van der Waals surface area contributed by atoms with Crippen LogP contribution in [-0.4, -0.2) is 21.8 Å². The minimum absolute atomic E-state index is 0.0627. The van der Waals surface area contributed by atoms with Crippen molar-refractivity contribution in [3.05, 3.63) is 59.4 Å². The molecule has 2 aromatic rings. The number of fused-ring (bicyclic) bond motifs is 5. The standard InChI is InChI=1S/C26H30N2O3/c1-26-10-9-21-20-8-6-19(29)12-16(20)5-7-22(21)23(26)13-17(25(26)31)14-24(30)28-15-18-4-2-3-11-27-18/h2-4,6,8,11-12,17,21-23,29H,5,7,9-10,13-15H2,1H3,(H,28,30)/t17?,21-,22-,23+,26+/m1/s1. The quantitative estimate of drug-likeness (QED) is 0.782. The number of carbonyl (C=O) groups is 2. The number of benzene rings is 1. The molecule has 0 saturated heterocycles. The van der Waals surface area contributed by atoms with Crippen molar-refractivity contribution in [1.82, 2.24) is 10.3 Å². The van der Waals surface area contributed by atoms with Gasteiger partial charge in [-0.2, -0.15) is 0 Å². The second kappa shape index (κ2) is 7.77. The lowest BCUT2D eigenvalue weighted by atomic mass is 9.55. The number of carbonyl (C=O) groups excluding carboxylic acids is 2. The topological polar surface area (TPSA) is 79.3 Å². The van der Waals surface area contributed by atoms with Gasteiger partial charge in [-0.15, -0.1) is 0 Å². The number of phenolic OH excluding ortho intramolecular Hbond substituents is 1. The fourth-order valence-corrected chi connectivity index (χ4v) is 6.67. The van der Waals surface area contributed by atoms with E-state index in [2.05, 4.69) is 23.3 Å². The zero-order chi connectivity index (χ0) is 21.6. The number of aromatic hydroxyl groups is 1. The van der Waals surface area contributed by atoms with Crippen molar-refractivity contribution in [3.8, 4) is 5.75 Å². The zero-order valence-electron chi connectivity index (χ0n) is 18.0. The first-order valence-corrected chi connectivity index (χ1v) is 11.5. The Morgan fingerprint density at radius 3 is 2.94 bits per heavy atom. The van der Waals surface area contributed by atoms with Crippen LogP contribution in [0.5, 0.6) is 5.75 Å². The van der Waals surface area contributed by atoms with E-state index in [1.165, 1.54) is 11.1 Å². The molecule has 3 aliphatic carbocycles. The number of phenols is 1. The summed E-state index contributed by atoms with van der Waals surface area (Å²) in [5, 5.41) is 12.8. The van der Waals surface area contributed by atoms with Gasteiger partial charge in [0, 0.05) is 24.0 Å². The van der Waals surface area contributed by atoms with Gasteiger partial charge in [0.25, 0.3) is 0 Å². The average Bonchev–Trinajstić information content (AvgIpc) is 3.03. The molecule has 162 valence electrons. The Morgan fingerprint density at radius 2 is 2.13 bits per heavy atom. The molecule has 5 nitrogen and oxygen atoms in total. The van der Waals surface area contributed by atoms with Gasteiger partial charge in [0.05, 0.1) is 12.2 Å². The molecule has 0 aliphatic heterocycles. The predicted octanol–water partition coefficient (Wildman–Crippen LogP) is 4.15. The van der Waals surface area contributed by atoms with Crippen molar-refractivity contribution < 1.29 is 14.7 Å². The van der Waals surface area contributed by atoms with Crippen molar-refractivity contribution in [2.75, 3.05) is 0 Å². The summed E-state index contributed by atoms with van der Waals surface area (Å²) in [5.74, 6) is 1.68. The largest absolute Gasteiger partial charge is 0.508 e. The number of rotatable bonds is 4. The van der Waals surface area contributed by atoms with E-state index in [4.69, 9.17) is 0 Å². The third-order valence-corrected chi connectivity index (χ3v) is 8.20. The highest BCUT2D eigenvalue weighted by Crippen LogP contribution is 2.61. The van der Waals surface area contributed by atoms with Crippen LogP contribution in [0.2, 0.25) is 0 Å². The van der Waals surface area contributed by atoms with E-state index in [0.29, 0.717) is 35.8 Å². The third kappa shape index (κ3) is 3.54. The van der Waals surface area contributed by atoms with Crippen LogP contribution in [-0.2, 0) is 22.6 Å². The highest BCUT2D eigenvalue weighted by molar-refractivity contribution is 5.93. The summed E-state index contributed by atoms with van der Waals surface area (Å²) >= 11 is 0. The molecule has 2 N–H and O–H groups in total. The Balaban J connectivity index is 1.29. The summed E-state index contributed by atoms with van der Waals surface area (Å²) in [6.45, 7) is 2.55. The average molecular weight is 419 g/mol. The minimum atomic E-state index is -0.304. The first-order valence-electron chi connectivity index (χ1n) is 11.5. The summed E-state index contributed by atoms with van der Waals surface area (Å²) in [6.07, 6.45) is 6.74. The monoisotopic (exact) mass is 418 g/mol. The number of hydrogen-bond acceptors (Lipinski definition) is 4. The van der Waals surface area contributed by atoms with Crippen LogP contribution in [0.3, 0.4) is 0 Å². The summed E-state index contributed by atoms with van der Waals surface area (Å²) in [7, 11) is 0. The number of aromatic nitrogens is 1. The number of aryl methyl sites for hydroxylation is 1. The molecule has 1 amide bonds. The number of nitrogens with one attached hydrogen (secondary N) is 1. The number of ketones is 1. The Labute approximate surface area is 183 Å². The Hall–Kier alpha value is -2.69. The molecular weight excluding hydrogens is 388 g/mol. The number of nitrogens with zero attached hydrogens (tertiary/aromatic N) is 1. The molecule has 3 aliphatic rings. The molecule has 1 heterocycles. The molecule has 0 bridgehead atoms. The molecule has 0 spiro atoms. The number of hydrogen-bond donors (Lipinski definition) is 2. The summed E-state index contributed by atoms with van der Waals surface area (Å²) < 4.78 is 0. The van der Waals surface area contributed by atoms with E-state index < -0.39 is 0 Å². The lowest BCUT2D eigenvalue weighted by Gasteiger charge is -2.48. The van der Waals surface area contributed by atoms with Gasteiger partial charge in [0.1, 0.15) is 11.5 Å². The molecular formula is C26H30N2O3. The number of pyridine rings is 1. The van der Waals surface area contributed by atoms with Crippen molar-refractivity contribution in [2.24, 2.45) is 23.2 Å². The molecule has 2 saturated carbocycles. The van der Waals surface area contributed by atoms with Crippen LogP contribution in [0.15, 0.2) is 42.6 Å². The maximum Gasteiger partial charge on any atom is 0.221 e. The second-order valence-electron chi connectivity index (χ2n) is 9.85. The van der Waals surface area contributed by atoms with Crippen LogP contribution in [0.25, 0.3) is 0 Å². The Bertz CT molecular complexity index is 1000. The maximum atomic E-state index is 13.4. The minimum Gasteiger partial charge on any atom is -0.508 e. The van der Waals surface area contributed by atoms with Gasteiger partial charge in [0.2, 0.25) is 5.91 Å². The molecule has 2 fully saturated rings. The summed E-state index contributed by atoms with van der Waals surface area (Å²) in [5.41, 5.74) is 3.14. The second-order valence-corrected chi connectivity index (χ2v) is 9.85.